The molecule has 1 aliphatic rings. The zero-order chi connectivity index (χ0) is 26.5. The van der Waals surface area contributed by atoms with Gasteiger partial charge in [0.2, 0.25) is 5.78 Å². The van der Waals surface area contributed by atoms with Crippen molar-refractivity contribution >= 4 is 23.0 Å². The van der Waals surface area contributed by atoms with Crippen LogP contribution in [0.1, 0.15) is 63.7 Å². The van der Waals surface area contributed by atoms with Crippen molar-refractivity contribution in [3.8, 4) is 11.5 Å². The molecule has 0 fully saturated rings. The van der Waals surface area contributed by atoms with Gasteiger partial charge in [0.05, 0.1) is 40.9 Å². The van der Waals surface area contributed by atoms with E-state index < -0.39 is 23.5 Å². The molecule has 0 radical (unpaired) electrons. The number of thiazole rings is 1. The monoisotopic (exact) mass is 521 g/mol. The molecule has 8 nitrogen and oxygen atoms in total. The van der Waals surface area contributed by atoms with Gasteiger partial charge in [0.25, 0.3) is 5.91 Å². The molecular weight excluding hydrogens is 490 g/mol. The van der Waals surface area contributed by atoms with Gasteiger partial charge < -0.3 is 19.5 Å². The van der Waals surface area contributed by atoms with Gasteiger partial charge in [0.1, 0.15) is 0 Å². The van der Waals surface area contributed by atoms with Crippen LogP contribution in [0.5, 0.6) is 11.5 Å². The molecule has 194 valence electrons. The van der Waals surface area contributed by atoms with Gasteiger partial charge >= 0.3 is 0 Å². The predicted octanol–water partition coefficient (Wildman–Crippen LogP) is 5.51. The summed E-state index contributed by atoms with van der Waals surface area (Å²) in [5.41, 5.74) is 1.99. The Morgan fingerprint density at radius 3 is 2.65 bits per heavy atom. The maximum Gasteiger partial charge on any atom is 0.290 e. The molecule has 3 aromatic rings. The summed E-state index contributed by atoms with van der Waals surface area (Å²) in [6.45, 7) is 6.43. The molecule has 0 spiro atoms. The van der Waals surface area contributed by atoms with Crippen molar-refractivity contribution in [1.82, 2.24) is 14.9 Å². The van der Waals surface area contributed by atoms with Gasteiger partial charge in [-0.1, -0.05) is 31.9 Å². The number of ketones is 1. The first-order chi connectivity index (χ1) is 17.8. The van der Waals surface area contributed by atoms with Crippen molar-refractivity contribution in [2.24, 2.45) is 0 Å². The van der Waals surface area contributed by atoms with Crippen LogP contribution in [-0.4, -0.2) is 45.4 Å². The van der Waals surface area contributed by atoms with Crippen LogP contribution in [0.4, 0.5) is 0 Å². The largest absolute Gasteiger partial charge is 0.503 e. The van der Waals surface area contributed by atoms with Crippen LogP contribution in [0, 0.1) is 13.8 Å². The number of unbranched alkanes of at least 4 members (excludes halogenated alkanes) is 2. The van der Waals surface area contributed by atoms with Crippen LogP contribution < -0.4 is 9.47 Å². The van der Waals surface area contributed by atoms with Crippen LogP contribution in [0.2, 0.25) is 0 Å². The van der Waals surface area contributed by atoms with Crippen molar-refractivity contribution in [3.63, 3.8) is 0 Å². The summed E-state index contributed by atoms with van der Waals surface area (Å²) >= 11 is 1.25. The summed E-state index contributed by atoms with van der Waals surface area (Å²) in [4.78, 5) is 37.5. The molecule has 1 amide bonds. The number of hydrogen-bond donors (Lipinski definition) is 1. The summed E-state index contributed by atoms with van der Waals surface area (Å²) in [6, 6.07) is 8.15. The van der Waals surface area contributed by atoms with Crippen molar-refractivity contribution in [3.05, 3.63) is 80.8 Å². The third-order valence-electron chi connectivity index (χ3n) is 6.24. The van der Waals surface area contributed by atoms with E-state index >= 15 is 0 Å². The lowest BCUT2D eigenvalue weighted by Crippen LogP contribution is -2.30. The summed E-state index contributed by atoms with van der Waals surface area (Å²) in [7, 11) is 1.55. The Bertz CT molecular complexity index is 1320. The van der Waals surface area contributed by atoms with Gasteiger partial charge in [-0.2, -0.15) is 0 Å². The Kier molecular flexibility index (Phi) is 8.23. The van der Waals surface area contributed by atoms with Crippen LogP contribution in [0.3, 0.4) is 0 Å². The number of aryl methyl sites for hydroxylation is 2. The minimum atomic E-state index is -0.829. The van der Waals surface area contributed by atoms with Crippen molar-refractivity contribution < 1.29 is 24.2 Å². The molecule has 3 heterocycles. The number of benzene rings is 1. The standard InChI is InChI=1S/C28H31N3O5S/c1-5-6-7-13-36-21-11-10-20(14-22(21)35-4)24-23(25(32)27-17(2)30-18(3)37-27)26(33)28(34)31(24)16-19-9-8-12-29-15-19/h8-12,14-15,24,33H,5-7,13,16H2,1-4H3. The van der Waals surface area contributed by atoms with E-state index in [1.807, 2.05) is 19.1 Å². The number of aliphatic hydroxyl groups excluding tert-OH is 1. The second-order valence-corrected chi connectivity index (χ2v) is 10.1. The third-order valence-corrected chi connectivity index (χ3v) is 7.31. The number of aromatic nitrogens is 2. The van der Waals surface area contributed by atoms with Crippen LogP contribution >= 0.6 is 11.3 Å². The van der Waals surface area contributed by atoms with E-state index in [0.717, 1.165) is 29.8 Å². The quantitative estimate of drug-likeness (QED) is 0.262. The molecule has 9 heteroatoms. The lowest BCUT2D eigenvalue weighted by atomic mass is 9.94. The first-order valence-electron chi connectivity index (χ1n) is 12.3. The Labute approximate surface area is 220 Å². The zero-order valence-corrected chi connectivity index (χ0v) is 22.3. The lowest BCUT2D eigenvalue weighted by molar-refractivity contribution is -0.130. The topological polar surface area (TPSA) is 102 Å². The van der Waals surface area contributed by atoms with Crippen molar-refractivity contribution in [1.29, 1.82) is 0 Å². The number of ether oxygens (including phenoxy) is 2. The molecule has 1 aromatic carbocycles. The van der Waals surface area contributed by atoms with E-state index in [2.05, 4.69) is 16.9 Å². The fourth-order valence-electron chi connectivity index (χ4n) is 4.46. The molecule has 4 rings (SSSR count). The van der Waals surface area contributed by atoms with Crippen LogP contribution in [0.25, 0.3) is 0 Å². The predicted molar refractivity (Wildman–Crippen MR) is 141 cm³/mol. The molecule has 1 unspecified atom stereocenters. The van der Waals surface area contributed by atoms with Gasteiger partial charge in [0, 0.05) is 18.9 Å². The number of carbonyl (C=O) groups is 2. The molecule has 1 aliphatic heterocycles. The van der Waals surface area contributed by atoms with E-state index in [-0.39, 0.29) is 12.1 Å². The van der Waals surface area contributed by atoms with Crippen LogP contribution in [0.15, 0.2) is 54.1 Å². The smallest absolute Gasteiger partial charge is 0.290 e. The minimum absolute atomic E-state index is 0.0271. The zero-order valence-electron chi connectivity index (χ0n) is 21.5. The lowest BCUT2D eigenvalue weighted by Gasteiger charge is -2.27. The summed E-state index contributed by atoms with van der Waals surface area (Å²) in [5.74, 6) is -0.504. The summed E-state index contributed by atoms with van der Waals surface area (Å²) < 4.78 is 11.5. The number of nitrogens with zero attached hydrogens (tertiary/aromatic N) is 3. The Balaban J connectivity index is 1.76. The van der Waals surface area contributed by atoms with Crippen LogP contribution in [-0.2, 0) is 11.3 Å². The highest BCUT2D eigenvalue weighted by atomic mass is 32.1. The van der Waals surface area contributed by atoms with E-state index in [1.165, 1.54) is 16.2 Å². The fraction of sp³-hybridized carbons (Fsp3) is 0.357. The number of carbonyl (C=O) groups excluding carboxylic acids is 2. The molecule has 0 saturated heterocycles. The highest BCUT2D eigenvalue weighted by Crippen LogP contribution is 2.43. The Hall–Kier alpha value is -3.72. The number of aliphatic hydroxyl groups is 1. The molecule has 1 atom stereocenters. The van der Waals surface area contributed by atoms with Crippen molar-refractivity contribution in [2.75, 3.05) is 13.7 Å². The molecule has 0 aliphatic carbocycles. The third kappa shape index (κ3) is 5.51. The van der Waals surface area contributed by atoms with Gasteiger partial charge in [-0.3, -0.25) is 14.6 Å². The maximum atomic E-state index is 13.7. The fourth-order valence-corrected chi connectivity index (χ4v) is 5.33. The number of Topliss-reactive ketones (excluding diaryl/α,β-unsaturated/α-hetero) is 1. The minimum Gasteiger partial charge on any atom is -0.503 e. The van der Waals surface area contributed by atoms with E-state index in [0.29, 0.717) is 34.2 Å². The Morgan fingerprint density at radius 1 is 1.19 bits per heavy atom. The number of pyridine rings is 1. The van der Waals surface area contributed by atoms with E-state index in [9.17, 15) is 14.7 Å². The number of hydrogen-bond acceptors (Lipinski definition) is 8. The highest BCUT2D eigenvalue weighted by molar-refractivity contribution is 7.14. The second-order valence-electron chi connectivity index (χ2n) is 8.90. The Morgan fingerprint density at radius 2 is 2.00 bits per heavy atom. The number of rotatable bonds is 11. The molecule has 1 N–H and O–H groups in total. The average Bonchev–Trinajstić information content (AvgIpc) is 3.37. The van der Waals surface area contributed by atoms with E-state index in [1.54, 1.807) is 44.6 Å². The summed E-state index contributed by atoms with van der Waals surface area (Å²) in [6.07, 6.45) is 6.40. The van der Waals surface area contributed by atoms with E-state index in [4.69, 9.17) is 9.47 Å². The van der Waals surface area contributed by atoms with Gasteiger partial charge in [0.15, 0.2) is 17.3 Å². The molecule has 0 bridgehead atoms. The molecule has 2 aromatic heterocycles. The molecule has 37 heavy (non-hydrogen) atoms. The van der Waals surface area contributed by atoms with Gasteiger partial charge in [-0.15, -0.1) is 11.3 Å². The number of methoxy groups -OCH3 is 1. The van der Waals surface area contributed by atoms with Crippen molar-refractivity contribution in [2.45, 2.75) is 52.6 Å². The summed E-state index contributed by atoms with van der Waals surface area (Å²) in [5, 5.41) is 11.7. The van der Waals surface area contributed by atoms with Gasteiger partial charge in [-0.05, 0) is 49.6 Å². The maximum absolute atomic E-state index is 13.7. The molecule has 0 saturated carbocycles. The average molecular weight is 522 g/mol. The molecular formula is C28H31N3O5S. The highest BCUT2D eigenvalue weighted by Gasteiger charge is 2.44. The first-order valence-corrected chi connectivity index (χ1v) is 13.1. The normalized spacial score (nSPS) is 15.4. The second kappa shape index (κ2) is 11.6. The van der Waals surface area contributed by atoms with Gasteiger partial charge in [-0.25, -0.2) is 4.98 Å². The first kappa shape index (κ1) is 26.3. The number of amides is 1. The SMILES string of the molecule is CCCCCOc1ccc(C2C(C(=O)c3sc(C)nc3C)=C(O)C(=O)N2Cc2cccnc2)cc1OC.